The Bertz CT molecular complexity index is 1200. The lowest BCUT2D eigenvalue weighted by molar-refractivity contribution is 0.713. The maximum atomic E-state index is 13.1. The summed E-state index contributed by atoms with van der Waals surface area (Å²) < 4.78 is 3.18. The molecule has 4 heterocycles. The number of fused-ring (bicyclic) bond motifs is 3. The Morgan fingerprint density at radius 1 is 1.31 bits per heavy atom. The minimum atomic E-state index is -0.188. The summed E-state index contributed by atoms with van der Waals surface area (Å²) in [6, 6.07) is 3.69. The lowest BCUT2D eigenvalue weighted by atomic mass is 10.1. The molecule has 0 radical (unpaired) electrons. The summed E-state index contributed by atoms with van der Waals surface area (Å²) in [5.74, 6) is 0.532. The molecule has 0 saturated heterocycles. The van der Waals surface area contributed by atoms with Crippen molar-refractivity contribution in [2.45, 2.75) is 33.7 Å². The van der Waals surface area contributed by atoms with Crippen LogP contribution in [0.3, 0.4) is 0 Å². The van der Waals surface area contributed by atoms with E-state index in [-0.39, 0.29) is 5.69 Å². The summed E-state index contributed by atoms with van der Waals surface area (Å²) in [4.78, 5) is 24.0. The van der Waals surface area contributed by atoms with Crippen molar-refractivity contribution in [1.82, 2.24) is 24.1 Å². The molecule has 0 aromatic carbocycles. The Morgan fingerprint density at radius 3 is 2.69 bits per heavy atom. The third-order valence-electron chi connectivity index (χ3n) is 4.40. The zero-order chi connectivity index (χ0) is 18.4. The van der Waals surface area contributed by atoms with Crippen LogP contribution in [0, 0.1) is 6.92 Å². The van der Waals surface area contributed by atoms with Crippen LogP contribution in [0.2, 0.25) is 0 Å². The van der Waals surface area contributed by atoms with Crippen molar-refractivity contribution >= 4 is 27.2 Å². The highest BCUT2D eigenvalue weighted by atomic mass is 32.1. The number of pyridine rings is 1. The smallest absolute Gasteiger partial charge is 0.279 e. The van der Waals surface area contributed by atoms with Crippen LogP contribution in [0.4, 0.5) is 0 Å². The maximum absolute atomic E-state index is 13.1. The number of hydrogen-bond donors (Lipinski definition) is 0. The number of aromatic nitrogens is 5. The predicted octanol–water partition coefficient (Wildman–Crippen LogP) is 3.61. The van der Waals surface area contributed by atoms with E-state index >= 15 is 0 Å². The normalized spacial score (nSPS) is 11.5. The zero-order valence-corrected chi connectivity index (χ0v) is 15.8. The molecule has 26 heavy (non-hydrogen) atoms. The van der Waals surface area contributed by atoms with E-state index in [2.05, 4.69) is 30.5 Å². The first kappa shape index (κ1) is 16.7. The number of hydrogen-bond acceptors (Lipinski definition) is 5. The molecular formula is C19H19N5OS. The maximum Gasteiger partial charge on any atom is 0.352 e. The summed E-state index contributed by atoms with van der Waals surface area (Å²) in [5, 5.41) is 5.52. The first-order chi connectivity index (χ1) is 12.5. The van der Waals surface area contributed by atoms with Gasteiger partial charge in [-0.25, -0.2) is 9.78 Å². The van der Waals surface area contributed by atoms with Gasteiger partial charge < -0.3 is 0 Å². The second-order valence-electron chi connectivity index (χ2n) is 6.40. The molecule has 0 atom stereocenters. The van der Waals surface area contributed by atoms with Gasteiger partial charge in [0.05, 0.1) is 5.39 Å². The van der Waals surface area contributed by atoms with Crippen molar-refractivity contribution in [2.75, 3.05) is 0 Å². The Morgan fingerprint density at radius 2 is 2.04 bits per heavy atom. The van der Waals surface area contributed by atoms with E-state index in [4.69, 9.17) is 4.98 Å². The molecule has 0 bridgehead atoms. The number of aryl methyl sites for hydroxylation is 2. The van der Waals surface area contributed by atoms with Crippen molar-refractivity contribution in [3.8, 4) is 11.4 Å². The van der Waals surface area contributed by atoms with Crippen LogP contribution in [0.1, 0.15) is 24.3 Å². The van der Waals surface area contributed by atoms with Gasteiger partial charge >= 0.3 is 5.69 Å². The minimum absolute atomic E-state index is 0.188. The van der Waals surface area contributed by atoms with Gasteiger partial charge in [0, 0.05) is 29.4 Å². The standard InChI is InChI=1S/C19H19N5OS/c1-5-14-12(4)26-18-15(14)17-21-16(13-6-8-20-9-7-13)22-24(17)19(25)23(18)10-11(2)3/h6-9H,2,5,10H2,1,3-4H3. The molecule has 0 fully saturated rings. The van der Waals surface area contributed by atoms with E-state index in [1.54, 1.807) is 28.3 Å². The topological polar surface area (TPSA) is 65.1 Å². The molecule has 132 valence electrons. The van der Waals surface area contributed by atoms with E-state index in [1.165, 1.54) is 15.0 Å². The molecule has 0 unspecified atom stereocenters. The number of allylic oxidation sites excluding steroid dienone is 1. The number of nitrogens with zero attached hydrogens (tertiary/aromatic N) is 5. The Labute approximate surface area is 154 Å². The molecule has 0 aliphatic rings. The lowest BCUT2D eigenvalue weighted by Gasteiger charge is -2.08. The Kier molecular flexibility index (Phi) is 3.96. The predicted molar refractivity (Wildman–Crippen MR) is 105 cm³/mol. The van der Waals surface area contributed by atoms with Gasteiger partial charge in [0.25, 0.3) is 0 Å². The van der Waals surface area contributed by atoms with Crippen molar-refractivity contribution < 1.29 is 0 Å². The van der Waals surface area contributed by atoms with E-state index in [1.807, 2.05) is 19.1 Å². The molecule has 0 N–H and O–H groups in total. The highest BCUT2D eigenvalue weighted by Crippen LogP contribution is 2.33. The molecular weight excluding hydrogens is 346 g/mol. The quantitative estimate of drug-likeness (QED) is 0.518. The number of rotatable bonds is 4. The van der Waals surface area contributed by atoms with Crippen LogP contribution in [0.5, 0.6) is 0 Å². The fourth-order valence-electron chi connectivity index (χ4n) is 3.25. The number of thiophene rings is 1. The monoisotopic (exact) mass is 365 g/mol. The summed E-state index contributed by atoms with van der Waals surface area (Å²) in [6.45, 7) is 10.6. The molecule has 0 saturated carbocycles. The second-order valence-corrected chi connectivity index (χ2v) is 7.61. The second kappa shape index (κ2) is 6.17. The van der Waals surface area contributed by atoms with Gasteiger partial charge in [-0.1, -0.05) is 19.1 Å². The highest BCUT2D eigenvalue weighted by Gasteiger charge is 2.21. The largest absolute Gasteiger partial charge is 0.352 e. The van der Waals surface area contributed by atoms with Gasteiger partial charge in [0.15, 0.2) is 11.5 Å². The third-order valence-corrected chi connectivity index (χ3v) is 5.57. The van der Waals surface area contributed by atoms with Gasteiger partial charge in [0.1, 0.15) is 4.83 Å². The zero-order valence-electron chi connectivity index (χ0n) is 15.0. The molecule has 4 aromatic rings. The SMILES string of the molecule is C=C(C)Cn1c(=O)n2nc(-c3ccncc3)nc2c2c(CC)c(C)sc21. The van der Waals surface area contributed by atoms with E-state index in [9.17, 15) is 4.79 Å². The molecule has 7 heteroatoms. The molecule has 0 spiro atoms. The van der Waals surface area contributed by atoms with E-state index in [0.717, 1.165) is 27.8 Å². The molecule has 0 aliphatic heterocycles. The Hall–Kier alpha value is -2.80. The van der Waals surface area contributed by atoms with Crippen LogP contribution in [0.25, 0.3) is 27.3 Å². The summed E-state index contributed by atoms with van der Waals surface area (Å²) in [7, 11) is 0. The van der Waals surface area contributed by atoms with E-state index in [0.29, 0.717) is 18.0 Å². The molecule has 0 amide bonds. The average Bonchev–Trinajstić information content (AvgIpc) is 3.20. The lowest BCUT2D eigenvalue weighted by Crippen LogP contribution is -2.27. The van der Waals surface area contributed by atoms with Crippen molar-refractivity contribution in [3.05, 3.63) is 57.6 Å². The molecule has 4 aromatic heterocycles. The van der Waals surface area contributed by atoms with Crippen LogP contribution in [0.15, 0.2) is 41.5 Å². The summed E-state index contributed by atoms with van der Waals surface area (Å²) in [6.07, 6.45) is 4.27. The fourth-order valence-corrected chi connectivity index (χ4v) is 4.48. The first-order valence-electron chi connectivity index (χ1n) is 8.47. The first-order valence-corrected chi connectivity index (χ1v) is 9.29. The molecule has 4 rings (SSSR count). The van der Waals surface area contributed by atoms with Crippen molar-refractivity contribution in [1.29, 1.82) is 0 Å². The van der Waals surface area contributed by atoms with Crippen LogP contribution >= 0.6 is 11.3 Å². The fraction of sp³-hybridized carbons (Fsp3) is 0.263. The third kappa shape index (κ3) is 2.47. The van der Waals surface area contributed by atoms with E-state index < -0.39 is 0 Å². The Balaban J connectivity index is 2.14. The van der Waals surface area contributed by atoms with Crippen LogP contribution in [-0.2, 0) is 13.0 Å². The highest BCUT2D eigenvalue weighted by molar-refractivity contribution is 7.19. The average molecular weight is 365 g/mol. The van der Waals surface area contributed by atoms with Gasteiger partial charge in [-0.15, -0.1) is 16.4 Å². The van der Waals surface area contributed by atoms with Crippen LogP contribution < -0.4 is 5.69 Å². The van der Waals surface area contributed by atoms with Gasteiger partial charge in [-0.05, 0) is 38.0 Å². The molecule has 6 nitrogen and oxygen atoms in total. The summed E-state index contributed by atoms with van der Waals surface area (Å²) in [5.41, 5.74) is 3.42. The van der Waals surface area contributed by atoms with Crippen LogP contribution in [-0.4, -0.2) is 24.1 Å². The van der Waals surface area contributed by atoms with Gasteiger partial charge in [0.2, 0.25) is 0 Å². The molecule has 0 aliphatic carbocycles. The van der Waals surface area contributed by atoms with Crippen molar-refractivity contribution in [3.63, 3.8) is 0 Å². The van der Waals surface area contributed by atoms with Gasteiger partial charge in [-0.3, -0.25) is 9.55 Å². The summed E-state index contributed by atoms with van der Waals surface area (Å²) >= 11 is 1.64. The minimum Gasteiger partial charge on any atom is -0.279 e. The van der Waals surface area contributed by atoms with Gasteiger partial charge in [-0.2, -0.15) is 4.52 Å². The van der Waals surface area contributed by atoms with Crippen molar-refractivity contribution in [2.24, 2.45) is 0 Å².